The smallest absolute Gasteiger partial charge is 0.253 e. The first kappa shape index (κ1) is 9.21. The van der Waals surface area contributed by atoms with Crippen LogP contribution in [0.2, 0.25) is 0 Å². The van der Waals surface area contributed by atoms with Crippen molar-refractivity contribution in [1.82, 2.24) is 9.97 Å². The number of alkyl halides is 2. The average Bonchev–Trinajstić information content (AvgIpc) is 2.70. The van der Waals surface area contributed by atoms with Gasteiger partial charge in [-0.25, -0.2) is 13.8 Å². The molecule has 0 bridgehead atoms. The van der Waals surface area contributed by atoms with Gasteiger partial charge in [-0.05, 0) is 12.1 Å². The fraction of sp³-hybridized carbons (Fsp3) is 0.111. The van der Waals surface area contributed by atoms with Crippen LogP contribution < -0.4 is 0 Å². The van der Waals surface area contributed by atoms with E-state index in [1.165, 1.54) is 29.7 Å². The summed E-state index contributed by atoms with van der Waals surface area (Å²) in [5.41, 5.74) is 0.208. The highest BCUT2D eigenvalue weighted by Gasteiger charge is 2.15. The molecule has 2 nitrogen and oxygen atoms in total. The number of thiazole rings is 1. The summed E-state index contributed by atoms with van der Waals surface area (Å²) in [6.45, 7) is 0. The largest absolute Gasteiger partial charge is 0.266 e. The van der Waals surface area contributed by atoms with E-state index in [1.54, 1.807) is 11.6 Å². The number of aromatic nitrogens is 2. The summed E-state index contributed by atoms with van der Waals surface area (Å²) in [6.07, 6.45) is 0.551. The zero-order valence-corrected chi connectivity index (χ0v) is 7.84. The second-order valence-electron chi connectivity index (χ2n) is 2.58. The molecule has 2 rings (SSSR count). The third kappa shape index (κ3) is 1.63. The molecular formula is C9H6F2N2S. The molecule has 0 aromatic carbocycles. The molecule has 0 N–H and O–H groups in total. The number of hydrogen-bond donors (Lipinski definition) is 0. The van der Waals surface area contributed by atoms with Gasteiger partial charge in [0.25, 0.3) is 6.43 Å². The van der Waals surface area contributed by atoms with Gasteiger partial charge in [-0.1, -0.05) is 0 Å². The molecule has 0 unspecified atom stereocenters. The summed E-state index contributed by atoms with van der Waals surface area (Å²) in [4.78, 5) is 7.86. The van der Waals surface area contributed by atoms with Crippen LogP contribution in [0.1, 0.15) is 12.0 Å². The Labute approximate surface area is 83.3 Å². The molecule has 0 fully saturated rings. The van der Waals surface area contributed by atoms with Gasteiger partial charge in [0.15, 0.2) is 0 Å². The average molecular weight is 212 g/mol. The standard InChI is InChI=1S/C9H6F2N2S/c10-8(11)6-2-1-3-12-7(6)9-13-4-5-14-9/h1-5,8H. The fourth-order valence-corrected chi connectivity index (χ4v) is 1.77. The quantitative estimate of drug-likeness (QED) is 0.764. The Balaban J connectivity index is 2.53. The van der Waals surface area contributed by atoms with Gasteiger partial charge >= 0.3 is 0 Å². The van der Waals surface area contributed by atoms with Crippen LogP contribution in [0.15, 0.2) is 29.9 Å². The number of pyridine rings is 1. The van der Waals surface area contributed by atoms with Crippen LogP contribution in [0.25, 0.3) is 10.7 Å². The molecule has 2 heterocycles. The third-order valence-electron chi connectivity index (χ3n) is 1.71. The molecule has 2 aromatic rings. The molecule has 72 valence electrons. The van der Waals surface area contributed by atoms with Crippen molar-refractivity contribution in [2.45, 2.75) is 6.43 Å². The van der Waals surface area contributed by atoms with E-state index in [1.807, 2.05) is 0 Å². The number of nitrogens with zero attached hydrogens (tertiary/aromatic N) is 2. The van der Waals surface area contributed by atoms with Crippen molar-refractivity contribution in [3.8, 4) is 10.7 Å². The van der Waals surface area contributed by atoms with Gasteiger partial charge < -0.3 is 0 Å². The molecule has 0 atom stereocenters. The van der Waals surface area contributed by atoms with Crippen LogP contribution >= 0.6 is 11.3 Å². The van der Waals surface area contributed by atoms with Gasteiger partial charge in [0.05, 0.1) is 0 Å². The monoisotopic (exact) mass is 212 g/mol. The van der Waals surface area contributed by atoms with Gasteiger partial charge in [-0.3, -0.25) is 4.98 Å². The first-order valence-corrected chi connectivity index (χ1v) is 4.80. The van der Waals surface area contributed by atoms with E-state index >= 15 is 0 Å². The van der Waals surface area contributed by atoms with Gasteiger partial charge in [0.1, 0.15) is 10.7 Å². The van der Waals surface area contributed by atoms with E-state index in [4.69, 9.17) is 0 Å². The van der Waals surface area contributed by atoms with Crippen molar-refractivity contribution in [1.29, 1.82) is 0 Å². The predicted octanol–water partition coefficient (Wildman–Crippen LogP) is 3.14. The Kier molecular flexibility index (Phi) is 2.49. The molecule has 0 aliphatic carbocycles. The van der Waals surface area contributed by atoms with Crippen molar-refractivity contribution < 1.29 is 8.78 Å². The summed E-state index contributed by atoms with van der Waals surface area (Å²) in [5, 5.41) is 2.26. The Bertz CT molecular complexity index is 415. The Hall–Kier alpha value is -1.36. The van der Waals surface area contributed by atoms with E-state index in [9.17, 15) is 8.78 Å². The molecule has 2 aromatic heterocycles. The van der Waals surface area contributed by atoms with Crippen molar-refractivity contribution in [2.24, 2.45) is 0 Å². The van der Waals surface area contributed by atoms with E-state index in [-0.39, 0.29) is 11.3 Å². The normalized spacial score (nSPS) is 10.8. The maximum Gasteiger partial charge on any atom is 0.266 e. The molecule has 0 saturated heterocycles. The van der Waals surface area contributed by atoms with Crippen molar-refractivity contribution >= 4 is 11.3 Å². The molecule has 14 heavy (non-hydrogen) atoms. The van der Waals surface area contributed by atoms with Gasteiger partial charge in [0, 0.05) is 23.3 Å². The second-order valence-corrected chi connectivity index (χ2v) is 3.47. The molecule has 0 amide bonds. The van der Waals surface area contributed by atoms with Gasteiger partial charge in [-0.15, -0.1) is 11.3 Å². The lowest BCUT2D eigenvalue weighted by Gasteiger charge is -2.03. The molecule has 5 heteroatoms. The summed E-state index contributed by atoms with van der Waals surface area (Å²) < 4.78 is 25.1. The fourth-order valence-electron chi connectivity index (χ4n) is 1.11. The van der Waals surface area contributed by atoms with E-state index < -0.39 is 6.43 Å². The predicted molar refractivity (Wildman–Crippen MR) is 50.3 cm³/mol. The third-order valence-corrected chi connectivity index (χ3v) is 2.49. The molecular weight excluding hydrogens is 206 g/mol. The molecule has 0 spiro atoms. The summed E-state index contributed by atoms with van der Waals surface area (Å²) in [6, 6.07) is 2.87. The highest BCUT2D eigenvalue weighted by Crippen LogP contribution is 2.29. The summed E-state index contributed by atoms with van der Waals surface area (Å²) in [7, 11) is 0. The Morgan fingerprint density at radius 3 is 2.71 bits per heavy atom. The minimum atomic E-state index is -2.51. The first-order chi connectivity index (χ1) is 6.79. The molecule has 0 saturated carbocycles. The van der Waals surface area contributed by atoms with Crippen molar-refractivity contribution in [3.63, 3.8) is 0 Å². The van der Waals surface area contributed by atoms with Gasteiger partial charge in [0.2, 0.25) is 0 Å². The minimum Gasteiger partial charge on any atom is -0.253 e. The Morgan fingerprint density at radius 2 is 2.07 bits per heavy atom. The first-order valence-electron chi connectivity index (χ1n) is 3.92. The van der Waals surface area contributed by atoms with Gasteiger partial charge in [-0.2, -0.15) is 0 Å². The summed E-state index contributed by atoms with van der Waals surface area (Å²) in [5.74, 6) is 0. The second kappa shape index (κ2) is 3.79. The highest BCUT2D eigenvalue weighted by atomic mass is 32.1. The molecule has 0 radical (unpaired) electrons. The maximum atomic E-state index is 12.6. The lowest BCUT2D eigenvalue weighted by atomic mass is 10.2. The van der Waals surface area contributed by atoms with Crippen LogP contribution in [0.4, 0.5) is 8.78 Å². The minimum absolute atomic E-state index is 0.0672. The Morgan fingerprint density at radius 1 is 1.21 bits per heavy atom. The molecule has 0 aliphatic rings. The SMILES string of the molecule is FC(F)c1cccnc1-c1nccs1. The number of rotatable bonds is 2. The van der Waals surface area contributed by atoms with E-state index in [2.05, 4.69) is 9.97 Å². The summed E-state index contributed by atoms with van der Waals surface area (Å²) >= 11 is 1.30. The van der Waals surface area contributed by atoms with Crippen molar-refractivity contribution in [3.05, 3.63) is 35.5 Å². The number of halogens is 2. The lowest BCUT2D eigenvalue weighted by molar-refractivity contribution is 0.151. The van der Waals surface area contributed by atoms with Crippen LogP contribution in [-0.2, 0) is 0 Å². The van der Waals surface area contributed by atoms with E-state index in [0.717, 1.165) is 0 Å². The number of hydrogen-bond acceptors (Lipinski definition) is 3. The van der Waals surface area contributed by atoms with Crippen LogP contribution in [0.3, 0.4) is 0 Å². The van der Waals surface area contributed by atoms with Crippen LogP contribution in [0.5, 0.6) is 0 Å². The zero-order valence-electron chi connectivity index (χ0n) is 7.02. The van der Waals surface area contributed by atoms with Crippen LogP contribution in [-0.4, -0.2) is 9.97 Å². The topological polar surface area (TPSA) is 25.8 Å². The van der Waals surface area contributed by atoms with E-state index in [0.29, 0.717) is 5.01 Å². The lowest BCUT2D eigenvalue weighted by Crippen LogP contribution is -1.92. The zero-order chi connectivity index (χ0) is 9.97. The van der Waals surface area contributed by atoms with Crippen molar-refractivity contribution in [2.75, 3.05) is 0 Å². The molecule has 0 aliphatic heterocycles. The maximum absolute atomic E-state index is 12.6. The van der Waals surface area contributed by atoms with Crippen LogP contribution in [0, 0.1) is 0 Å². The highest BCUT2D eigenvalue weighted by molar-refractivity contribution is 7.13.